The normalized spacial score (nSPS) is 22.9. The van der Waals surface area contributed by atoms with Gasteiger partial charge in [0.05, 0.1) is 0 Å². The van der Waals surface area contributed by atoms with Crippen LogP contribution in [0.2, 0.25) is 0 Å². The number of nitrogens with one attached hydrogen (secondary N) is 1. The van der Waals surface area contributed by atoms with Crippen molar-refractivity contribution in [2.75, 3.05) is 23.3 Å². The first-order chi connectivity index (χ1) is 9.56. The number of rotatable bonds is 4. The number of aryl methyl sites for hydroxylation is 1. The van der Waals surface area contributed by atoms with Crippen LogP contribution >= 0.6 is 0 Å². The Hall–Kier alpha value is -1.32. The quantitative estimate of drug-likeness (QED) is 0.915. The number of anilines is 2. The van der Waals surface area contributed by atoms with Crippen LogP contribution in [-0.2, 0) is 6.42 Å². The summed E-state index contributed by atoms with van der Waals surface area (Å²) >= 11 is 0. The third kappa shape index (κ3) is 3.05. The molecule has 1 saturated heterocycles. The molecule has 0 aromatic carbocycles. The van der Waals surface area contributed by atoms with Crippen LogP contribution in [0, 0.1) is 12.8 Å². The topological polar surface area (TPSA) is 41.1 Å². The molecule has 112 valence electrons. The predicted octanol–water partition coefficient (Wildman–Crippen LogP) is 3.40. The Morgan fingerprint density at radius 3 is 2.60 bits per heavy atom. The van der Waals surface area contributed by atoms with E-state index in [2.05, 4.69) is 49.8 Å². The second-order valence-corrected chi connectivity index (χ2v) is 6.00. The molecule has 0 saturated carbocycles. The van der Waals surface area contributed by atoms with Crippen molar-refractivity contribution in [2.24, 2.45) is 5.92 Å². The third-order valence-corrected chi connectivity index (χ3v) is 4.22. The Morgan fingerprint density at radius 2 is 1.95 bits per heavy atom. The molecule has 0 amide bonds. The molecule has 2 atom stereocenters. The van der Waals surface area contributed by atoms with Crippen LogP contribution in [0.4, 0.5) is 11.6 Å². The zero-order valence-corrected chi connectivity index (χ0v) is 13.5. The van der Waals surface area contributed by atoms with Crippen molar-refractivity contribution < 1.29 is 0 Å². The minimum atomic E-state index is 0.569. The maximum atomic E-state index is 4.82. The molecule has 1 aromatic heterocycles. The number of aromatic nitrogens is 2. The fourth-order valence-corrected chi connectivity index (χ4v) is 2.91. The molecular weight excluding hydrogens is 248 g/mol. The molecular formula is C16H28N4. The van der Waals surface area contributed by atoms with Crippen molar-refractivity contribution in [1.29, 1.82) is 0 Å². The van der Waals surface area contributed by atoms with Crippen LogP contribution in [0.1, 0.15) is 51.9 Å². The molecule has 0 bridgehead atoms. The summed E-state index contributed by atoms with van der Waals surface area (Å²) in [5, 5.41) is 3.38. The van der Waals surface area contributed by atoms with Crippen molar-refractivity contribution in [2.45, 2.75) is 59.9 Å². The molecule has 2 rings (SSSR count). The lowest BCUT2D eigenvalue weighted by Crippen LogP contribution is -2.42. The summed E-state index contributed by atoms with van der Waals surface area (Å²) in [5.74, 6) is 3.81. The van der Waals surface area contributed by atoms with E-state index in [1.165, 1.54) is 18.4 Å². The largest absolute Gasteiger partial charge is 0.370 e. The molecule has 2 heterocycles. The molecule has 0 spiro atoms. The van der Waals surface area contributed by atoms with Gasteiger partial charge in [-0.1, -0.05) is 13.8 Å². The van der Waals surface area contributed by atoms with Gasteiger partial charge >= 0.3 is 0 Å². The van der Waals surface area contributed by atoms with Gasteiger partial charge in [0.15, 0.2) is 0 Å². The van der Waals surface area contributed by atoms with Crippen molar-refractivity contribution in [3.8, 4) is 0 Å². The first kappa shape index (κ1) is 15.1. The fraction of sp³-hybridized carbons (Fsp3) is 0.750. The summed E-state index contributed by atoms with van der Waals surface area (Å²) < 4.78 is 0. The average molecular weight is 276 g/mol. The second-order valence-electron chi connectivity index (χ2n) is 6.00. The molecule has 1 aromatic rings. The molecule has 20 heavy (non-hydrogen) atoms. The first-order valence-electron chi connectivity index (χ1n) is 7.94. The van der Waals surface area contributed by atoms with Gasteiger partial charge in [0.2, 0.25) is 0 Å². The molecule has 4 heteroatoms. The van der Waals surface area contributed by atoms with E-state index in [-0.39, 0.29) is 0 Å². The van der Waals surface area contributed by atoms with E-state index < -0.39 is 0 Å². The Bertz CT molecular complexity index is 458. The summed E-state index contributed by atoms with van der Waals surface area (Å²) in [7, 11) is 0. The van der Waals surface area contributed by atoms with Crippen molar-refractivity contribution >= 4 is 11.6 Å². The number of hydrogen-bond donors (Lipinski definition) is 1. The van der Waals surface area contributed by atoms with Gasteiger partial charge in [-0.15, -0.1) is 0 Å². The summed E-state index contributed by atoms with van der Waals surface area (Å²) in [6, 6.07) is 0.569. The standard InChI is InChI=1S/C16H28N4/c1-6-14-18-15(17-7-2)13(5)16(19-14)20-10-11(3)8-9-12(20)4/h11-12H,6-10H2,1-5H3,(H,17,18,19). The first-order valence-corrected chi connectivity index (χ1v) is 7.94. The van der Waals surface area contributed by atoms with E-state index in [4.69, 9.17) is 4.98 Å². The lowest BCUT2D eigenvalue weighted by atomic mass is 9.95. The second kappa shape index (κ2) is 6.42. The highest BCUT2D eigenvalue weighted by Crippen LogP contribution is 2.31. The molecule has 1 N–H and O–H groups in total. The Balaban J connectivity index is 2.40. The summed E-state index contributed by atoms with van der Waals surface area (Å²) in [5.41, 5.74) is 1.19. The smallest absolute Gasteiger partial charge is 0.137 e. The summed E-state index contributed by atoms with van der Waals surface area (Å²) in [6.45, 7) is 13.0. The van der Waals surface area contributed by atoms with Gasteiger partial charge in [0, 0.05) is 31.1 Å². The van der Waals surface area contributed by atoms with Gasteiger partial charge < -0.3 is 10.2 Å². The maximum Gasteiger partial charge on any atom is 0.137 e. The average Bonchev–Trinajstić information content (AvgIpc) is 2.44. The van der Waals surface area contributed by atoms with Gasteiger partial charge in [-0.25, -0.2) is 9.97 Å². The van der Waals surface area contributed by atoms with E-state index in [0.717, 1.165) is 42.9 Å². The van der Waals surface area contributed by atoms with Crippen molar-refractivity contribution in [3.05, 3.63) is 11.4 Å². The van der Waals surface area contributed by atoms with Gasteiger partial charge in [0.25, 0.3) is 0 Å². The van der Waals surface area contributed by atoms with Crippen LogP contribution in [0.3, 0.4) is 0 Å². The Morgan fingerprint density at radius 1 is 1.20 bits per heavy atom. The SMILES string of the molecule is CCNc1nc(CC)nc(N2CC(C)CCC2C)c1C. The Kier molecular flexibility index (Phi) is 4.84. The van der Waals surface area contributed by atoms with Gasteiger partial charge in [-0.05, 0) is 39.5 Å². The van der Waals surface area contributed by atoms with E-state index in [1.807, 2.05) is 0 Å². The lowest BCUT2D eigenvalue weighted by Gasteiger charge is -2.38. The molecule has 2 unspecified atom stereocenters. The van der Waals surface area contributed by atoms with E-state index in [0.29, 0.717) is 6.04 Å². The van der Waals surface area contributed by atoms with E-state index in [9.17, 15) is 0 Å². The molecule has 4 nitrogen and oxygen atoms in total. The van der Waals surface area contributed by atoms with E-state index in [1.54, 1.807) is 0 Å². The van der Waals surface area contributed by atoms with Crippen LogP contribution in [0.5, 0.6) is 0 Å². The minimum Gasteiger partial charge on any atom is -0.370 e. The van der Waals surface area contributed by atoms with Gasteiger partial charge in [-0.3, -0.25) is 0 Å². The summed E-state index contributed by atoms with van der Waals surface area (Å²) in [6.07, 6.45) is 3.45. The fourth-order valence-electron chi connectivity index (χ4n) is 2.91. The highest BCUT2D eigenvalue weighted by Gasteiger charge is 2.26. The van der Waals surface area contributed by atoms with E-state index >= 15 is 0 Å². The highest BCUT2D eigenvalue weighted by atomic mass is 15.2. The zero-order chi connectivity index (χ0) is 14.7. The summed E-state index contributed by atoms with van der Waals surface area (Å²) in [4.78, 5) is 11.9. The number of hydrogen-bond acceptors (Lipinski definition) is 4. The number of nitrogens with zero attached hydrogens (tertiary/aromatic N) is 3. The molecule has 0 radical (unpaired) electrons. The molecule has 1 aliphatic rings. The number of piperidine rings is 1. The van der Waals surface area contributed by atoms with Crippen molar-refractivity contribution in [1.82, 2.24) is 9.97 Å². The monoisotopic (exact) mass is 276 g/mol. The van der Waals surface area contributed by atoms with Gasteiger partial charge in [0.1, 0.15) is 17.5 Å². The molecule has 1 aliphatic heterocycles. The zero-order valence-electron chi connectivity index (χ0n) is 13.5. The Labute approximate surface area is 123 Å². The molecule has 0 aliphatic carbocycles. The van der Waals surface area contributed by atoms with Crippen LogP contribution in [0.25, 0.3) is 0 Å². The van der Waals surface area contributed by atoms with Crippen LogP contribution < -0.4 is 10.2 Å². The maximum absolute atomic E-state index is 4.82. The lowest BCUT2D eigenvalue weighted by molar-refractivity contribution is 0.387. The molecule has 1 fully saturated rings. The third-order valence-electron chi connectivity index (χ3n) is 4.22. The predicted molar refractivity (Wildman–Crippen MR) is 85.5 cm³/mol. The highest BCUT2D eigenvalue weighted by molar-refractivity contribution is 5.59. The van der Waals surface area contributed by atoms with Gasteiger partial charge in [-0.2, -0.15) is 0 Å². The van der Waals surface area contributed by atoms with Crippen LogP contribution in [0.15, 0.2) is 0 Å². The van der Waals surface area contributed by atoms with Crippen molar-refractivity contribution in [3.63, 3.8) is 0 Å². The minimum absolute atomic E-state index is 0.569. The van der Waals surface area contributed by atoms with Crippen LogP contribution in [-0.4, -0.2) is 29.1 Å².